The summed E-state index contributed by atoms with van der Waals surface area (Å²) in [5.74, 6) is -4.17. The Morgan fingerprint density at radius 2 is 1.97 bits per heavy atom. The Hall–Kier alpha value is -2.72. The summed E-state index contributed by atoms with van der Waals surface area (Å²) >= 11 is 0. The average molecular weight is 497 g/mol. The van der Waals surface area contributed by atoms with E-state index in [-0.39, 0.29) is 12.6 Å². The fourth-order valence-electron chi connectivity index (χ4n) is 3.48. The maximum Gasteiger partial charge on any atom is 0.408 e. The van der Waals surface area contributed by atoms with Crippen molar-refractivity contribution in [2.75, 3.05) is 31.6 Å². The number of fused-ring (bicyclic) bond motifs is 1. The van der Waals surface area contributed by atoms with Gasteiger partial charge in [0.05, 0.1) is 5.52 Å². The lowest BCUT2D eigenvalue weighted by Gasteiger charge is -2.22. The van der Waals surface area contributed by atoms with Crippen LogP contribution in [0.5, 0.6) is 0 Å². The number of anilines is 1. The van der Waals surface area contributed by atoms with Crippen molar-refractivity contribution in [1.82, 2.24) is 15.2 Å². The summed E-state index contributed by atoms with van der Waals surface area (Å²) < 4.78 is 16.0. The molecule has 2 rings (SSSR count). The Morgan fingerprint density at radius 3 is 2.62 bits per heavy atom. The van der Waals surface area contributed by atoms with E-state index in [4.69, 9.17) is 19.6 Å². The Bertz CT molecular complexity index is 1030. The van der Waals surface area contributed by atoms with Gasteiger partial charge in [-0.05, 0) is 57.5 Å². The normalized spacial score (nSPS) is 13.5. The molecule has 0 aliphatic heterocycles. The molecule has 0 fully saturated rings. The molecule has 11 nitrogen and oxygen atoms in total. The highest BCUT2D eigenvalue weighted by Crippen LogP contribution is 2.39. The lowest BCUT2D eigenvalue weighted by Crippen LogP contribution is -2.41. The van der Waals surface area contributed by atoms with E-state index >= 15 is 0 Å². The van der Waals surface area contributed by atoms with E-state index < -0.39 is 25.4 Å². The smallest absolute Gasteiger partial charge is 0.408 e. The summed E-state index contributed by atoms with van der Waals surface area (Å²) in [6.45, 7) is 7.99. The van der Waals surface area contributed by atoms with Crippen molar-refractivity contribution in [1.29, 1.82) is 0 Å². The number of pyridine rings is 1. The van der Waals surface area contributed by atoms with Crippen molar-refractivity contribution < 1.29 is 33.8 Å². The second kappa shape index (κ2) is 12.7. The van der Waals surface area contributed by atoms with Crippen LogP contribution in [0.1, 0.15) is 32.3 Å². The molecule has 0 aliphatic rings. The summed E-state index contributed by atoms with van der Waals surface area (Å²) in [5.41, 5.74) is 3.16. The minimum absolute atomic E-state index is 0.0383. The zero-order chi connectivity index (χ0) is 25.3. The number of hydrogen-bond acceptors (Lipinski definition) is 7. The van der Waals surface area contributed by atoms with Gasteiger partial charge in [-0.1, -0.05) is 19.1 Å². The van der Waals surface area contributed by atoms with E-state index in [1.807, 2.05) is 19.9 Å². The molecule has 188 valence electrons. The van der Waals surface area contributed by atoms with Gasteiger partial charge < -0.3 is 29.8 Å². The number of ether oxygens (including phenoxy) is 1. The van der Waals surface area contributed by atoms with E-state index in [9.17, 15) is 14.2 Å². The van der Waals surface area contributed by atoms with Gasteiger partial charge in [0.2, 0.25) is 5.78 Å². The van der Waals surface area contributed by atoms with Crippen LogP contribution in [0.3, 0.4) is 0 Å². The van der Waals surface area contributed by atoms with Gasteiger partial charge >= 0.3 is 19.7 Å². The van der Waals surface area contributed by atoms with Crippen molar-refractivity contribution in [3.63, 3.8) is 0 Å². The molecule has 0 bridgehead atoms. The molecule has 0 spiro atoms. The molecule has 1 aromatic carbocycles. The molecule has 12 heteroatoms. The quantitative estimate of drug-likeness (QED) is 0.261. The first kappa shape index (κ1) is 27.5. The summed E-state index contributed by atoms with van der Waals surface area (Å²) in [6.07, 6.45) is 2.42. The number of nitrogens with zero attached hydrogens (tertiary/aromatic N) is 2. The number of rotatable bonds is 13. The van der Waals surface area contributed by atoms with Crippen LogP contribution < -0.4 is 10.6 Å². The third kappa shape index (κ3) is 8.57. The number of carboxylic acid groups (broad SMARTS) is 1. The topological polar surface area (TPSA) is 161 Å². The van der Waals surface area contributed by atoms with Gasteiger partial charge in [0, 0.05) is 29.9 Å². The fourth-order valence-corrected chi connectivity index (χ4v) is 4.04. The molecule has 2 aromatic rings. The second-order valence-corrected chi connectivity index (χ2v) is 9.81. The summed E-state index contributed by atoms with van der Waals surface area (Å²) in [5, 5.41) is 15.1. The van der Waals surface area contributed by atoms with Crippen molar-refractivity contribution >= 4 is 36.2 Å². The van der Waals surface area contributed by atoms with E-state index in [1.165, 1.54) is 0 Å². The fraction of sp³-hybridized carbons (Fsp3) is 0.500. The molecule has 5 N–H and O–H groups in total. The predicted octanol–water partition coefficient (Wildman–Crippen LogP) is 2.76. The standard InChI is InChI=1S/C22H33N4O7P/c1-4-26(12-13-33-22(29)25-20(21(27)28)34(30,31)32)11-5-6-16(3)24-18-9-10-23-19-14-15(2)7-8-17(18)19/h7-10,14,16,20H,4-6,11-13H2,1-3H3,(H,23,24)(H,25,29)(H,27,28)(H2,30,31,32). The van der Waals surface area contributed by atoms with E-state index in [1.54, 1.807) is 11.5 Å². The number of hydrogen-bond donors (Lipinski definition) is 5. The maximum absolute atomic E-state index is 11.7. The first-order valence-corrected chi connectivity index (χ1v) is 12.7. The number of carboxylic acids is 1. The predicted molar refractivity (Wildman–Crippen MR) is 129 cm³/mol. The zero-order valence-electron chi connectivity index (χ0n) is 19.6. The van der Waals surface area contributed by atoms with Gasteiger partial charge in [-0.3, -0.25) is 14.9 Å². The number of aromatic nitrogens is 1. The van der Waals surface area contributed by atoms with Crippen LogP contribution in [-0.4, -0.2) is 74.9 Å². The molecular formula is C22H33N4O7P. The summed E-state index contributed by atoms with van der Waals surface area (Å²) in [4.78, 5) is 47.1. The van der Waals surface area contributed by atoms with Gasteiger partial charge in [-0.2, -0.15) is 0 Å². The molecule has 0 radical (unpaired) electrons. The van der Waals surface area contributed by atoms with E-state index in [2.05, 4.69) is 40.3 Å². The molecule has 2 atom stereocenters. The molecule has 0 saturated carbocycles. The minimum atomic E-state index is -5.04. The first-order valence-electron chi connectivity index (χ1n) is 11.1. The van der Waals surface area contributed by atoms with Crippen LogP contribution in [0.2, 0.25) is 0 Å². The monoisotopic (exact) mass is 496 g/mol. The Labute approximate surface area is 198 Å². The first-order chi connectivity index (χ1) is 16.0. The van der Waals surface area contributed by atoms with E-state index in [0.717, 1.165) is 48.1 Å². The maximum atomic E-state index is 11.7. The van der Waals surface area contributed by atoms with Gasteiger partial charge in [-0.15, -0.1) is 0 Å². The van der Waals surface area contributed by atoms with Crippen molar-refractivity contribution in [3.8, 4) is 0 Å². The number of alkyl carbamates (subject to hydrolysis) is 1. The van der Waals surface area contributed by atoms with Crippen LogP contribution in [0, 0.1) is 6.92 Å². The molecule has 0 saturated heterocycles. The Kier molecular flexibility index (Phi) is 10.2. The zero-order valence-corrected chi connectivity index (χ0v) is 20.5. The molecule has 1 aromatic heterocycles. The molecular weight excluding hydrogens is 463 g/mol. The molecule has 34 heavy (non-hydrogen) atoms. The van der Waals surface area contributed by atoms with E-state index in [0.29, 0.717) is 6.54 Å². The Balaban J connectivity index is 1.75. The number of aliphatic carboxylic acids is 1. The van der Waals surface area contributed by atoms with Gasteiger partial charge in [0.25, 0.3) is 0 Å². The highest BCUT2D eigenvalue weighted by molar-refractivity contribution is 7.53. The number of carbonyl (C=O) groups excluding carboxylic acids is 1. The van der Waals surface area contributed by atoms with Crippen LogP contribution in [0.4, 0.5) is 10.5 Å². The summed E-state index contributed by atoms with van der Waals surface area (Å²) in [6, 6.07) is 8.39. The number of aryl methyl sites for hydroxylation is 1. The number of likely N-dealkylation sites (N-methyl/N-ethyl adjacent to an activating group) is 1. The minimum Gasteiger partial charge on any atom is -0.479 e. The number of amides is 1. The highest BCUT2D eigenvalue weighted by atomic mass is 31.2. The average Bonchev–Trinajstić information content (AvgIpc) is 2.75. The van der Waals surface area contributed by atoms with Crippen LogP contribution in [0.15, 0.2) is 30.5 Å². The van der Waals surface area contributed by atoms with Gasteiger partial charge in [-0.25, -0.2) is 9.59 Å². The van der Waals surface area contributed by atoms with Crippen LogP contribution >= 0.6 is 7.60 Å². The molecule has 1 amide bonds. The van der Waals surface area contributed by atoms with Gasteiger partial charge in [0.15, 0.2) is 0 Å². The second-order valence-electron chi connectivity index (χ2n) is 8.11. The lowest BCUT2D eigenvalue weighted by molar-refractivity contribution is -0.137. The third-order valence-corrected chi connectivity index (χ3v) is 6.35. The molecule has 1 heterocycles. The SMILES string of the molecule is CCN(CCCC(C)Nc1ccnc2cc(C)ccc12)CCOC(=O)NC(C(=O)O)P(=O)(O)O. The highest BCUT2D eigenvalue weighted by Gasteiger charge is 2.37. The van der Waals surface area contributed by atoms with Crippen molar-refractivity contribution in [2.24, 2.45) is 0 Å². The number of nitrogens with one attached hydrogen (secondary N) is 2. The molecule has 0 aliphatic carbocycles. The van der Waals surface area contributed by atoms with Crippen LogP contribution in [0.25, 0.3) is 10.9 Å². The molecule has 2 unspecified atom stereocenters. The summed E-state index contributed by atoms with van der Waals surface area (Å²) in [7, 11) is -5.04. The van der Waals surface area contributed by atoms with Crippen molar-refractivity contribution in [2.45, 2.75) is 45.4 Å². The number of carbonyl (C=O) groups is 2. The number of benzene rings is 1. The van der Waals surface area contributed by atoms with Crippen LogP contribution in [-0.2, 0) is 14.1 Å². The van der Waals surface area contributed by atoms with Gasteiger partial charge in [0.1, 0.15) is 6.61 Å². The van der Waals surface area contributed by atoms with Crippen molar-refractivity contribution in [3.05, 3.63) is 36.0 Å². The third-order valence-electron chi connectivity index (χ3n) is 5.32. The Morgan fingerprint density at radius 1 is 1.24 bits per heavy atom. The lowest BCUT2D eigenvalue weighted by atomic mass is 10.1. The largest absolute Gasteiger partial charge is 0.479 e.